The Balaban J connectivity index is 1.39. The lowest BCUT2D eigenvalue weighted by Gasteiger charge is -2.38. The Hall–Kier alpha value is -3.99. The van der Waals surface area contributed by atoms with Gasteiger partial charge in [0.1, 0.15) is 5.65 Å². The summed E-state index contributed by atoms with van der Waals surface area (Å²) in [5.41, 5.74) is 5.62. The van der Waals surface area contributed by atoms with E-state index in [1.165, 1.54) is 11.8 Å². The summed E-state index contributed by atoms with van der Waals surface area (Å²) < 4.78 is 1.59. The number of carbonyl (C=O) groups excluding carboxylic acids is 1. The molecule has 1 aliphatic heterocycles. The van der Waals surface area contributed by atoms with Gasteiger partial charge in [-0.05, 0) is 63.2 Å². The van der Waals surface area contributed by atoms with E-state index in [0.29, 0.717) is 46.3 Å². The molecule has 0 radical (unpaired) electrons. The van der Waals surface area contributed by atoms with Crippen molar-refractivity contribution < 1.29 is 4.79 Å². The molecule has 4 N–H and O–H groups in total. The highest BCUT2D eigenvalue weighted by atomic mass is 35.5. The van der Waals surface area contributed by atoms with Crippen molar-refractivity contribution in [2.24, 2.45) is 5.84 Å². The van der Waals surface area contributed by atoms with Gasteiger partial charge in [0, 0.05) is 83.4 Å². The number of aromatic nitrogens is 3. The summed E-state index contributed by atoms with van der Waals surface area (Å²) in [6.45, 7) is 10.9. The first-order valence-corrected chi connectivity index (χ1v) is 13.7. The molecule has 4 aromatic rings. The summed E-state index contributed by atoms with van der Waals surface area (Å²) in [7, 11) is 0. The predicted octanol–water partition coefficient (Wildman–Crippen LogP) is 4.01. The van der Waals surface area contributed by atoms with E-state index in [1.807, 2.05) is 19.1 Å². The molecule has 1 saturated heterocycles. The maximum absolute atomic E-state index is 13.5. The van der Waals surface area contributed by atoms with E-state index in [2.05, 4.69) is 56.5 Å². The smallest absolute Gasteiger partial charge is 0.265 e. The molecule has 10 nitrogen and oxygen atoms in total. The van der Waals surface area contributed by atoms with Crippen LogP contribution in [0.4, 0.5) is 17.3 Å². The Morgan fingerprint density at radius 1 is 1.05 bits per heavy atom. The Kier molecular flexibility index (Phi) is 8.02. The lowest BCUT2D eigenvalue weighted by Crippen LogP contribution is -2.48. The second-order valence-corrected chi connectivity index (χ2v) is 10.4. The Labute approximate surface area is 237 Å². The molecule has 0 spiro atoms. The number of amides is 1. The van der Waals surface area contributed by atoms with Gasteiger partial charge in [0.2, 0.25) is 5.95 Å². The van der Waals surface area contributed by atoms with Gasteiger partial charge in [-0.25, -0.2) is 10.8 Å². The van der Waals surface area contributed by atoms with E-state index in [9.17, 15) is 9.59 Å². The lowest BCUT2D eigenvalue weighted by molar-refractivity contribution is 0.0953. The van der Waals surface area contributed by atoms with Crippen LogP contribution in [-0.4, -0.2) is 57.6 Å². The number of halogens is 1. The van der Waals surface area contributed by atoms with Crippen LogP contribution in [0.1, 0.15) is 31.1 Å². The maximum Gasteiger partial charge on any atom is 0.265 e. The third-order valence-corrected chi connectivity index (χ3v) is 7.64. The number of anilines is 3. The number of fused-ring (bicyclic) bond motifs is 1. The Morgan fingerprint density at radius 3 is 2.40 bits per heavy atom. The van der Waals surface area contributed by atoms with Gasteiger partial charge >= 0.3 is 0 Å². The van der Waals surface area contributed by atoms with Crippen LogP contribution in [0.15, 0.2) is 59.5 Å². The zero-order valence-corrected chi connectivity index (χ0v) is 23.6. The zero-order valence-electron chi connectivity index (χ0n) is 22.8. The molecular formula is C29H33ClN8O2. The van der Waals surface area contributed by atoms with Crippen molar-refractivity contribution in [1.82, 2.24) is 24.9 Å². The van der Waals surface area contributed by atoms with Gasteiger partial charge in [-0.2, -0.15) is 4.98 Å². The molecule has 5 rings (SSSR count). The summed E-state index contributed by atoms with van der Waals surface area (Å²) in [6, 6.07) is 15.2. The molecule has 1 aliphatic rings. The SMILES string of the molecule is CCn1c(=O)c(-c2ccc(C(=O)NN)cc2Cl)cc2cnc(Nc3ccc(N4CCN(C(C)C)CC4)cc3)nc21. The van der Waals surface area contributed by atoms with Gasteiger partial charge in [-0.3, -0.25) is 24.5 Å². The van der Waals surface area contributed by atoms with Gasteiger partial charge in [-0.15, -0.1) is 0 Å². The minimum absolute atomic E-state index is 0.237. The molecule has 0 unspecified atom stereocenters. The number of nitrogens with two attached hydrogens (primary N) is 1. The number of nitrogens with zero attached hydrogens (tertiary/aromatic N) is 5. The number of hydrogen-bond donors (Lipinski definition) is 3. The third-order valence-electron chi connectivity index (χ3n) is 7.33. The topological polar surface area (TPSA) is 121 Å². The molecule has 1 amide bonds. The average Bonchev–Trinajstić information content (AvgIpc) is 2.97. The van der Waals surface area contributed by atoms with Crippen LogP contribution >= 0.6 is 11.6 Å². The van der Waals surface area contributed by atoms with Gasteiger partial charge in [0.15, 0.2) is 0 Å². The van der Waals surface area contributed by atoms with E-state index < -0.39 is 5.91 Å². The summed E-state index contributed by atoms with van der Waals surface area (Å²) in [6.07, 6.45) is 1.69. The molecule has 0 aliphatic carbocycles. The Bertz CT molecular complexity index is 1590. The Morgan fingerprint density at radius 2 is 1.77 bits per heavy atom. The number of nitrogens with one attached hydrogen (secondary N) is 2. The monoisotopic (exact) mass is 560 g/mol. The number of hydrazine groups is 1. The zero-order chi connectivity index (χ0) is 28.4. The summed E-state index contributed by atoms with van der Waals surface area (Å²) >= 11 is 6.46. The standard InChI is InChI=1S/C29H33ClN8O2/c1-4-38-26-20(15-24(28(38)40)23-10-5-19(16-25(23)30)27(39)35-31)17-32-29(34-26)33-21-6-8-22(9-7-21)37-13-11-36(12-14-37)18(2)3/h5-10,15-18H,4,11-14,31H2,1-3H3,(H,35,39)(H,32,33,34). The highest BCUT2D eigenvalue weighted by Gasteiger charge is 2.19. The van der Waals surface area contributed by atoms with E-state index in [-0.39, 0.29) is 10.6 Å². The van der Waals surface area contributed by atoms with Crippen LogP contribution < -0.4 is 27.0 Å². The number of nitrogen functional groups attached to an aromatic ring is 1. The van der Waals surface area contributed by atoms with Crippen molar-refractivity contribution in [3.8, 4) is 11.1 Å². The van der Waals surface area contributed by atoms with Crippen molar-refractivity contribution in [3.63, 3.8) is 0 Å². The molecule has 0 bridgehead atoms. The number of piperazine rings is 1. The molecule has 3 heterocycles. The number of pyridine rings is 1. The highest BCUT2D eigenvalue weighted by Crippen LogP contribution is 2.29. The number of benzene rings is 2. The summed E-state index contributed by atoms with van der Waals surface area (Å²) in [5.74, 6) is 5.15. The number of rotatable bonds is 7. The molecule has 2 aromatic carbocycles. The molecule has 11 heteroatoms. The summed E-state index contributed by atoms with van der Waals surface area (Å²) in [5, 5.41) is 4.22. The van der Waals surface area contributed by atoms with Gasteiger partial charge in [0.25, 0.3) is 11.5 Å². The van der Waals surface area contributed by atoms with E-state index in [1.54, 1.807) is 29.0 Å². The maximum atomic E-state index is 13.5. The van der Waals surface area contributed by atoms with E-state index in [0.717, 1.165) is 31.9 Å². The number of carbonyl (C=O) groups is 1. The van der Waals surface area contributed by atoms with Crippen LogP contribution in [-0.2, 0) is 6.54 Å². The fraction of sp³-hybridized carbons (Fsp3) is 0.310. The van der Waals surface area contributed by atoms with Crippen molar-refractivity contribution in [2.45, 2.75) is 33.4 Å². The van der Waals surface area contributed by atoms with Crippen LogP contribution in [0.2, 0.25) is 5.02 Å². The minimum atomic E-state index is -0.467. The van der Waals surface area contributed by atoms with Gasteiger partial charge in [-0.1, -0.05) is 17.7 Å². The van der Waals surface area contributed by atoms with Crippen molar-refractivity contribution >= 4 is 45.9 Å². The van der Waals surface area contributed by atoms with Crippen LogP contribution in [0.25, 0.3) is 22.2 Å². The normalized spacial score (nSPS) is 14.1. The largest absolute Gasteiger partial charge is 0.369 e. The molecule has 0 saturated carbocycles. The number of aryl methyl sites for hydroxylation is 1. The van der Waals surface area contributed by atoms with E-state index in [4.69, 9.17) is 17.4 Å². The fourth-order valence-corrected chi connectivity index (χ4v) is 5.33. The van der Waals surface area contributed by atoms with Gasteiger partial charge in [0.05, 0.1) is 0 Å². The van der Waals surface area contributed by atoms with Crippen LogP contribution in [0.5, 0.6) is 0 Å². The summed E-state index contributed by atoms with van der Waals surface area (Å²) in [4.78, 5) is 39.4. The molecule has 2 aromatic heterocycles. The average molecular weight is 561 g/mol. The second kappa shape index (κ2) is 11.6. The fourth-order valence-electron chi connectivity index (χ4n) is 5.04. The quantitative estimate of drug-likeness (QED) is 0.176. The highest BCUT2D eigenvalue weighted by molar-refractivity contribution is 6.33. The molecule has 208 valence electrons. The third kappa shape index (κ3) is 5.51. The molecule has 40 heavy (non-hydrogen) atoms. The van der Waals surface area contributed by atoms with Crippen LogP contribution in [0, 0.1) is 0 Å². The molecule has 1 fully saturated rings. The first-order chi connectivity index (χ1) is 19.3. The van der Waals surface area contributed by atoms with Gasteiger partial charge < -0.3 is 10.2 Å². The lowest BCUT2D eigenvalue weighted by atomic mass is 10.0. The van der Waals surface area contributed by atoms with E-state index >= 15 is 0 Å². The van der Waals surface area contributed by atoms with Crippen molar-refractivity contribution in [3.05, 3.63) is 75.7 Å². The van der Waals surface area contributed by atoms with Crippen LogP contribution in [0.3, 0.4) is 0 Å². The first-order valence-electron chi connectivity index (χ1n) is 13.4. The first kappa shape index (κ1) is 27.6. The number of hydrogen-bond acceptors (Lipinski definition) is 8. The van der Waals surface area contributed by atoms with Crippen molar-refractivity contribution in [2.75, 3.05) is 36.4 Å². The predicted molar refractivity (Wildman–Crippen MR) is 160 cm³/mol. The molecular weight excluding hydrogens is 528 g/mol. The minimum Gasteiger partial charge on any atom is -0.369 e. The second-order valence-electron chi connectivity index (χ2n) is 10.0. The van der Waals surface area contributed by atoms with Crippen molar-refractivity contribution in [1.29, 1.82) is 0 Å². The molecule has 0 atom stereocenters.